The van der Waals surface area contributed by atoms with Gasteiger partial charge in [0.1, 0.15) is 5.75 Å². The number of rotatable bonds is 7. The molecule has 0 radical (unpaired) electrons. The van der Waals surface area contributed by atoms with Crippen molar-refractivity contribution in [3.63, 3.8) is 0 Å². The van der Waals surface area contributed by atoms with Gasteiger partial charge in [0.25, 0.3) is 5.69 Å². The maximum absolute atomic E-state index is 13.2. The first-order chi connectivity index (χ1) is 14.2. The summed E-state index contributed by atoms with van der Waals surface area (Å²) in [5.41, 5.74) is 2.08. The first kappa shape index (κ1) is 22.2. The fraction of sp³-hybridized carbons (Fsp3) is 0.429. The molecule has 9 heteroatoms. The van der Waals surface area contributed by atoms with Crippen LogP contribution in [-0.2, 0) is 16.6 Å². The van der Waals surface area contributed by atoms with Crippen LogP contribution in [0.3, 0.4) is 0 Å². The number of sulfonamides is 1. The first-order valence-corrected chi connectivity index (χ1v) is 11.4. The molecule has 162 valence electrons. The Kier molecular flexibility index (Phi) is 6.74. The normalized spacial score (nSPS) is 15.8. The number of hydrogen-bond donors (Lipinski definition) is 0. The lowest BCUT2D eigenvalue weighted by Crippen LogP contribution is -2.48. The highest BCUT2D eigenvalue weighted by molar-refractivity contribution is 7.89. The van der Waals surface area contributed by atoms with Crippen molar-refractivity contribution >= 4 is 15.7 Å². The zero-order chi connectivity index (χ0) is 21.9. The van der Waals surface area contributed by atoms with Gasteiger partial charge in [-0.2, -0.15) is 4.31 Å². The molecule has 2 aromatic rings. The maximum Gasteiger partial charge on any atom is 0.271 e. The minimum Gasteiger partial charge on any atom is -0.494 e. The van der Waals surface area contributed by atoms with Crippen LogP contribution in [-0.4, -0.2) is 55.3 Å². The van der Waals surface area contributed by atoms with Gasteiger partial charge in [0.15, 0.2) is 0 Å². The van der Waals surface area contributed by atoms with Crippen LogP contribution in [0.25, 0.3) is 0 Å². The van der Waals surface area contributed by atoms with Crippen LogP contribution in [0, 0.1) is 24.0 Å². The summed E-state index contributed by atoms with van der Waals surface area (Å²) in [6.45, 7) is 8.57. The zero-order valence-corrected chi connectivity index (χ0v) is 18.3. The summed E-state index contributed by atoms with van der Waals surface area (Å²) in [7, 11) is -3.79. The second kappa shape index (κ2) is 9.11. The molecule has 0 atom stereocenters. The lowest BCUT2D eigenvalue weighted by Gasteiger charge is -2.34. The van der Waals surface area contributed by atoms with Gasteiger partial charge in [-0.3, -0.25) is 15.0 Å². The van der Waals surface area contributed by atoms with Crippen molar-refractivity contribution in [1.29, 1.82) is 0 Å². The Morgan fingerprint density at radius 2 is 1.70 bits per heavy atom. The van der Waals surface area contributed by atoms with Gasteiger partial charge in [0.2, 0.25) is 10.0 Å². The molecule has 0 N–H and O–H groups in total. The van der Waals surface area contributed by atoms with Crippen LogP contribution in [0.5, 0.6) is 5.75 Å². The molecular weight excluding hydrogens is 406 g/mol. The molecule has 30 heavy (non-hydrogen) atoms. The first-order valence-electron chi connectivity index (χ1n) is 9.92. The average molecular weight is 434 g/mol. The summed E-state index contributed by atoms with van der Waals surface area (Å²) in [5, 5.41) is 11.2. The van der Waals surface area contributed by atoms with Crippen molar-refractivity contribution < 1.29 is 18.1 Å². The smallest absolute Gasteiger partial charge is 0.271 e. The van der Waals surface area contributed by atoms with Crippen LogP contribution in [0.2, 0.25) is 0 Å². The molecule has 0 spiro atoms. The second-order valence-electron chi connectivity index (χ2n) is 7.40. The average Bonchev–Trinajstić information content (AvgIpc) is 2.71. The van der Waals surface area contributed by atoms with Crippen LogP contribution >= 0.6 is 0 Å². The van der Waals surface area contributed by atoms with Crippen LogP contribution < -0.4 is 4.74 Å². The van der Waals surface area contributed by atoms with Gasteiger partial charge in [0.05, 0.1) is 16.4 Å². The summed E-state index contributed by atoms with van der Waals surface area (Å²) in [6, 6.07) is 10.5. The van der Waals surface area contributed by atoms with Gasteiger partial charge >= 0.3 is 0 Å². The Hall–Kier alpha value is -2.49. The Morgan fingerprint density at radius 1 is 1.07 bits per heavy atom. The molecule has 1 saturated heterocycles. The topological polar surface area (TPSA) is 93.0 Å². The molecule has 0 aliphatic carbocycles. The molecule has 8 nitrogen and oxygen atoms in total. The van der Waals surface area contributed by atoms with Crippen molar-refractivity contribution in [2.45, 2.75) is 32.2 Å². The lowest BCUT2D eigenvalue weighted by atomic mass is 10.1. The highest BCUT2D eigenvalue weighted by Crippen LogP contribution is 2.28. The summed E-state index contributed by atoms with van der Waals surface area (Å²) < 4.78 is 33.2. The predicted molar refractivity (Wildman–Crippen MR) is 114 cm³/mol. The lowest BCUT2D eigenvalue weighted by molar-refractivity contribution is -0.385. The van der Waals surface area contributed by atoms with Gasteiger partial charge in [-0.25, -0.2) is 8.42 Å². The van der Waals surface area contributed by atoms with E-state index in [4.69, 9.17) is 4.74 Å². The Morgan fingerprint density at radius 3 is 2.27 bits per heavy atom. The number of hydrogen-bond acceptors (Lipinski definition) is 6. The van der Waals surface area contributed by atoms with E-state index in [0.717, 1.165) is 17.9 Å². The van der Waals surface area contributed by atoms with E-state index in [1.807, 2.05) is 31.2 Å². The molecule has 1 heterocycles. The van der Waals surface area contributed by atoms with E-state index in [1.54, 1.807) is 13.8 Å². The third-order valence-corrected chi connectivity index (χ3v) is 7.43. The number of piperazine rings is 1. The number of aryl methyl sites for hydroxylation is 1. The summed E-state index contributed by atoms with van der Waals surface area (Å²) in [4.78, 5) is 12.8. The van der Waals surface area contributed by atoms with Crippen molar-refractivity contribution in [2.24, 2.45) is 0 Å². The van der Waals surface area contributed by atoms with E-state index in [9.17, 15) is 18.5 Å². The highest BCUT2D eigenvalue weighted by atomic mass is 32.2. The molecule has 0 aromatic heterocycles. The minimum absolute atomic E-state index is 0.0224. The number of benzene rings is 2. The van der Waals surface area contributed by atoms with Crippen molar-refractivity contribution in [3.8, 4) is 5.75 Å². The predicted octanol–water partition coefficient (Wildman–Crippen LogP) is 3.12. The number of nitro groups is 1. The van der Waals surface area contributed by atoms with E-state index in [2.05, 4.69) is 4.90 Å². The Labute approximate surface area is 177 Å². The van der Waals surface area contributed by atoms with Crippen molar-refractivity contribution in [1.82, 2.24) is 9.21 Å². The molecule has 0 bridgehead atoms. The summed E-state index contributed by atoms with van der Waals surface area (Å²) in [6.07, 6.45) is 0. The third kappa shape index (κ3) is 4.80. The van der Waals surface area contributed by atoms with Crippen LogP contribution in [0.15, 0.2) is 41.3 Å². The summed E-state index contributed by atoms with van der Waals surface area (Å²) >= 11 is 0. The molecule has 0 unspecified atom stereocenters. The quantitative estimate of drug-likeness (QED) is 0.492. The van der Waals surface area contributed by atoms with Gasteiger partial charge in [0, 0.05) is 44.9 Å². The van der Waals surface area contributed by atoms with Gasteiger partial charge in [-0.15, -0.1) is 0 Å². The Balaban J connectivity index is 1.69. The van der Waals surface area contributed by atoms with Crippen LogP contribution in [0.1, 0.15) is 23.6 Å². The molecule has 1 aliphatic rings. The highest BCUT2D eigenvalue weighted by Gasteiger charge is 2.31. The minimum atomic E-state index is -3.79. The molecule has 1 fully saturated rings. The molecule has 3 rings (SSSR count). The molecule has 1 aliphatic heterocycles. The molecule has 0 saturated carbocycles. The monoisotopic (exact) mass is 433 g/mol. The largest absolute Gasteiger partial charge is 0.494 e. The Bertz CT molecular complexity index is 1010. The number of non-ortho nitro benzene ring substituents is 1. The van der Waals surface area contributed by atoms with Gasteiger partial charge in [-0.1, -0.05) is 12.1 Å². The summed E-state index contributed by atoms with van der Waals surface area (Å²) in [5.74, 6) is 0.833. The van der Waals surface area contributed by atoms with Crippen LogP contribution in [0.4, 0.5) is 5.69 Å². The van der Waals surface area contributed by atoms with Crippen molar-refractivity contribution in [3.05, 3.63) is 63.2 Å². The second-order valence-corrected chi connectivity index (χ2v) is 9.31. The third-order valence-electron chi connectivity index (χ3n) is 5.40. The fourth-order valence-corrected chi connectivity index (χ4v) is 5.30. The number of ether oxygens (including phenoxy) is 1. The SMILES string of the molecule is CCOc1ccc(CN2CCN(S(=O)(=O)c3cc([N+](=O)[O-])cc(C)c3C)CC2)cc1. The van der Waals surface area contributed by atoms with E-state index < -0.39 is 14.9 Å². The number of nitrogens with zero attached hydrogens (tertiary/aromatic N) is 3. The van der Waals surface area contributed by atoms with E-state index >= 15 is 0 Å². The molecular formula is C21H27N3O5S. The molecule has 0 amide bonds. The van der Waals surface area contributed by atoms with E-state index in [0.29, 0.717) is 43.9 Å². The maximum atomic E-state index is 13.2. The van der Waals surface area contributed by atoms with E-state index in [1.165, 1.54) is 16.4 Å². The molecule has 2 aromatic carbocycles. The zero-order valence-electron chi connectivity index (χ0n) is 17.5. The number of nitro benzene ring substituents is 1. The van der Waals surface area contributed by atoms with E-state index in [-0.39, 0.29) is 10.6 Å². The standard InChI is InChI=1S/C21H27N3O5S/c1-4-29-20-7-5-18(6-8-20)15-22-9-11-23(12-10-22)30(27,28)21-14-19(24(25)26)13-16(2)17(21)3/h5-8,13-14H,4,9-12,15H2,1-3H3. The van der Waals surface area contributed by atoms with Gasteiger partial charge in [-0.05, 0) is 49.6 Å². The van der Waals surface area contributed by atoms with Crippen molar-refractivity contribution in [2.75, 3.05) is 32.8 Å². The van der Waals surface area contributed by atoms with Gasteiger partial charge < -0.3 is 4.74 Å². The fourth-order valence-electron chi connectivity index (χ4n) is 3.57.